The molecule has 2 aromatic heterocycles. The van der Waals surface area contributed by atoms with Crippen molar-refractivity contribution in [1.29, 1.82) is 0 Å². The Kier molecular flexibility index (Phi) is 5.31. The third kappa shape index (κ3) is 3.88. The zero-order valence-corrected chi connectivity index (χ0v) is 16.3. The fourth-order valence-electron chi connectivity index (χ4n) is 2.84. The number of thioether (sulfide) groups is 1. The molecule has 0 unspecified atom stereocenters. The zero-order valence-electron chi connectivity index (χ0n) is 14.7. The minimum atomic E-state index is -0.733. The van der Waals surface area contributed by atoms with E-state index in [9.17, 15) is 9.59 Å². The van der Waals surface area contributed by atoms with Crippen LogP contribution in [-0.2, 0) is 27.6 Å². The first-order valence-corrected chi connectivity index (χ1v) is 10.1. The minimum Gasteiger partial charge on any atom is -0.344 e. The van der Waals surface area contributed by atoms with Gasteiger partial charge in [-0.05, 0) is 42.0 Å². The van der Waals surface area contributed by atoms with Gasteiger partial charge in [-0.2, -0.15) is 16.9 Å². The van der Waals surface area contributed by atoms with E-state index in [-0.39, 0.29) is 6.54 Å². The van der Waals surface area contributed by atoms with Crippen LogP contribution in [0.3, 0.4) is 0 Å². The monoisotopic (exact) mass is 413 g/mol. The van der Waals surface area contributed by atoms with Gasteiger partial charge in [-0.15, -0.1) is 0 Å². The van der Waals surface area contributed by atoms with E-state index in [0.29, 0.717) is 10.8 Å². The lowest BCUT2D eigenvalue weighted by Crippen LogP contribution is -2.35. The van der Waals surface area contributed by atoms with Crippen molar-refractivity contribution in [3.63, 3.8) is 0 Å². The maximum Gasteiger partial charge on any atom is 0.314 e. The number of nitrogens with zero attached hydrogens (tertiary/aromatic N) is 3. The van der Waals surface area contributed by atoms with Crippen LogP contribution in [0.1, 0.15) is 16.8 Å². The van der Waals surface area contributed by atoms with Crippen LogP contribution >= 0.6 is 23.4 Å². The summed E-state index contributed by atoms with van der Waals surface area (Å²) >= 11 is 7.68. The van der Waals surface area contributed by atoms with Crippen LogP contribution in [0.5, 0.6) is 0 Å². The highest BCUT2D eigenvalue weighted by atomic mass is 35.5. The van der Waals surface area contributed by atoms with Crippen molar-refractivity contribution in [2.75, 3.05) is 5.32 Å². The molecule has 0 aliphatic carbocycles. The van der Waals surface area contributed by atoms with Gasteiger partial charge in [-0.3, -0.25) is 14.6 Å². The maximum atomic E-state index is 12.5. The second-order valence-electron chi connectivity index (χ2n) is 6.15. The summed E-state index contributed by atoms with van der Waals surface area (Å²) in [7, 11) is 0. The molecule has 1 aliphatic rings. The number of carbonyl (C=O) groups is 2. The summed E-state index contributed by atoms with van der Waals surface area (Å²) in [5.41, 5.74) is 3.47. The predicted molar refractivity (Wildman–Crippen MR) is 108 cm³/mol. The van der Waals surface area contributed by atoms with Gasteiger partial charge in [-0.25, -0.2) is 4.68 Å². The summed E-state index contributed by atoms with van der Waals surface area (Å²) in [5.74, 6) is 0.583. The Morgan fingerprint density at radius 3 is 2.57 bits per heavy atom. The summed E-state index contributed by atoms with van der Waals surface area (Å²) in [6.07, 6.45) is 3.26. The molecule has 3 aromatic rings. The molecule has 7 nitrogen and oxygen atoms in total. The van der Waals surface area contributed by atoms with Crippen LogP contribution in [0.4, 0.5) is 5.82 Å². The smallest absolute Gasteiger partial charge is 0.314 e. The molecule has 2 N–H and O–H groups in total. The van der Waals surface area contributed by atoms with E-state index in [1.165, 1.54) is 0 Å². The van der Waals surface area contributed by atoms with Crippen molar-refractivity contribution in [2.24, 2.45) is 0 Å². The first-order valence-electron chi connectivity index (χ1n) is 8.54. The Morgan fingerprint density at radius 2 is 1.82 bits per heavy atom. The van der Waals surface area contributed by atoms with E-state index in [0.717, 1.165) is 34.0 Å². The van der Waals surface area contributed by atoms with E-state index >= 15 is 0 Å². The van der Waals surface area contributed by atoms with Crippen LogP contribution in [0.25, 0.3) is 5.69 Å². The Bertz CT molecular complexity index is 1020. The largest absolute Gasteiger partial charge is 0.344 e. The van der Waals surface area contributed by atoms with Crippen LogP contribution in [0.15, 0.2) is 48.8 Å². The molecule has 3 heterocycles. The summed E-state index contributed by atoms with van der Waals surface area (Å²) in [6, 6.07) is 10.7. The average Bonchev–Trinajstić information content (AvgIpc) is 3.30. The second kappa shape index (κ2) is 8.04. The molecular formula is C19H16ClN5O2S. The van der Waals surface area contributed by atoms with E-state index in [2.05, 4.69) is 20.7 Å². The Labute approximate surface area is 170 Å². The molecule has 142 valence electrons. The van der Waals surface area contributed by atoms with Gasteiger partial charge in [0.05, 0.1) is 11.4 Å². The van der Waals surface area contributed by atoms with Crippen molar-refractivity contribution in [1.82, 2.24) is 20.1 Å². The molecule has 0 atom stereocenters. The van der Waals surface area contributed by atoms with Crippen molar-refractivity contribution in [2.45, 2.75) is 18.1 Å². The zero-order chi connectivity index (χ0) is 19.5. The molecule has 1 aliphatic heterocycles. The lowest BCUT2D eigenvalue weighted by atomic mass is 10.2. The van der Waals surface area contributed by atoms with E-state index in [1.54, 1.807) is 53.1 Å². The molecule has 28 heavy (non-hydrogen) atoms. The van der Waals surface area contributed by atoms with Crippen LogP contribution in [-0.4, -0.2) is 26.6 Å². The number of nitrogens with one attached hydrogen (secondary N) is 2. The van der Waals surface area contributed by atoms with Crippen molar-refractivity contribution in [3.05, 3.63) is 70.6 Å². The van der Waals surface area contributed by atoms with Crippen LogP contribution < -0.4 is 10.6 Å². The number of hydrogen-bond acceptors (Lipinski definition) is 5. The van der Waals surface area contributed by atoms with Crippen molar-refractivity contribution >= 4 is 41.0 Å². The summed E-state index contributed by atoms with van der Waals surface area (Å²) in [6.45, 7) is 0.249. The van der Waals surface area contributed by atoms with Gasteiger partial charge in [0.25, 0.3) is 0 Å². The first kappa shape index (κ1) is 18.5. The average molecular weight is 414 g/mol. The molecular weight excluding hydrogens is 398 g/mol. The van der Waals surface area contributed by atoms with E-state index < -0.39 is 11.8 Å². The molecule has 9 heteroatoms. The van der Waals surface area contributed by atoms with Crippen molar-refractivity contribution < 1.29 is 9.59 Å². The molecule has 0 spiro atoms. The first-order chi connectivity index (χ1) is 13.6. The molecule has 0 bridgehead atoms. The highest BCUT2D eigenvalue weighted by molar-refractivity contribution is 7.98. The third-order valence-electron chi connectivity index (χ3n) is 4.26. The number of hydrogen-bond donors (Lipinski definition) is 2. The number of rotatable bonds is 4. The summed E-state index contributed by atoms with van der Waals surface area (Å²) < 4.78 is 1.65. The fraction of sp³-hybridized carbons (Fsp3) is 0.158. The highest BCUT2D eigenvalue weighted by Crippen LogP contribution is 2.36. The maximum absolute atomic E-state index is 12.5. The van der Waals surface area contributed by atoms with Crippen LogP contribution in [0, 0.1) is 0 Å². The topological polar surface area (TPSA) is 88.9 Å². The number of anilines is 1. The van der Waals surface area contributed by atoms with Gasteiger partial charge >= 0.3 is 11.8 Å². The predicted octanol–water partition coefficient (Wildman–Crippen LogP) is 2.92. The molecule has 0 saturated heterocycles. The van der Waals surface area contributed by atoms with E-state index in [4.69, 9.17) is 11.6 Å². The molecule has 2 amide bonds. The Balaban J connectivity index is 1.53. The number of pyridine rings is 1. The summed E-state index contributed by atoms with van der Waals surface area (Å²) in [4.78, 5) is 28.6. The molecule has 0 saturated carbocycles. The van der Waals surface area contributed by atoms with Gasteiger partial charge in [0.2, 0.25) is 0 Å². The van der Waals surface area contributed by atoms with Gasteiger partial charge < -0.3 is 10.6 Å². The lowest BCUT2D eigenvalue weighted by molar-refractivity contribution is -0.136. The van der Waals surface area contributed by atoms with E-state index in [1.807, 2.05) is 12.1 Å². The standard InChI is InChI=1S/C19H16ClN5O2S/c20-13-1-3-14(4-2-13)25-17(15-10-28-11-16(15)24-25)23-19(27)18(26)22-9-12-5-7-21-8-6-12/h1-8H,9-11H2,(H,22,26)(H,23,27). The molecule has 0 radical (unpaired) electrons. The Hall–Kier alpha value is -2.84. The highest BCUT2D eigenvalue weighted by Gasteiger charge is 2.26. The van der Waals surface area contributed by atoms with Gasteiger partial charge in [-0.1, -0.05) is 11.6 Å². The number of aromatic nitrogens is 3. The fourth-order valence-corrected chi connectivity index (χ4v) is 4.00. The van der Waals surface area contributed by atoms with Crippen molar-refractivity contribution in [3.8, 4) is 5.69 Å². The molecule has 1 aromatic carbocycles. The minimum absolute atomic E-state index is 0.249. The quantitative estimate of drug-likeness (QED) is 0.642. The number of fused-ring (bicyclic) bond motifs is 1. The second-order valence-corrected chi connectivity index (χ2v) is 7.57. The molecule has 0 fully saturated rings. The molecule has 4 rings (SSSR count). The summed E-state index contributed by atoms with van der Waals surface area (Å²) in [5, 5.41) is 10.6. The number of benzene rings is 1. The third-order valence-corrected chi connectivity index (χ3v) is 5.49. The van der Waals surface area contributed by atoms with Gasteiger partial charge in [0.1, 0.15) is 5.82 Å². The normalized spacial score (nSPS) is 12.5. The lowest BCUT2D eigenvalue weighted by Gasteiger charge is -2.11. The van der Waals surface area contributed by atoms with Gasteiger partial charge in [0, 0.05) is 41.0 Å². The number of halogens is 1. The van der Waals surface area contributed by atoms with Crippen LogP contribution in [0.2, 0.25) is 5.02 Å². The Morgan fingerprint density at radius 1 is 1.07 bits per heavy atom. The SMILES string of the molecule is O=C(NCc1ccncc1)C(=O)Nc1c2c(nn1-c1ccc(Cl)cc1)CSC2. The van der Waals surface area contributed by atoms with Gasteiger partial charge in [0.15, 0.2) is 0 Å². The number of amides is 2. The number of carbonyl (C=O) groups excluding carboxylic acids is 2.